The van der Waals surface area contributed by atoms with Crippen LogP contribution in [0.4, 0.5) is 5.69 Å². The third-order valence-corrected chi connectivity index (χ3v) is 2.08. The van der Waals surface area contributed by atoms with Crippen LogP contribution < -0.4 is 11.2 Å². The Morgan fingerprint density at radius 1 is 1.50 bits per heavy atom. The number of hydrogen-bond acceptors (Lipinski definition) is 6. The van der Waals surface area contributed by atoms with Gasteiger partial charge >= 0.3 is 0 Å². The Balaban J connectivity index is 2.44. The summed E-state index contributed by atoms with van der Waals surface area (Å²) in [6, 6.07) is 5.47. The molecule has 0 spiro atoms. The molecule has 0 aliphatic heterocycles. The summed E-state index contributed by atoms with van der Waals surface area (Å²) >= 11 is 0. The molecule has 0 aliphatic carbocycles. The third kappa shape index (κ3) is 4.45. The van der Waals surface area contributed by atoms with Crippen molar-refractivity contribution in [2.24, 2.45) is 5.73 Å². The molecule has 0 saturated carbocycles. The highest BCUT2D eigenvalue weighted by atomic mass is 16.6. The van der Waals surface area contributed by atoms with Gasteiger partial charge in [0, 0.05) is 12.1 Å². The average Bonchev–Trinajstić information content (AvgIpc) is 2.34. The van der Waals surface area contributed by atoms with Gasteiger partial charge in [-0.15, -0.1) is 0 Å². The summed E-state index contributed by atoms with van der Waals surface area (Å²) < 4.78 is 0. The van der Waals surface area contributed by atoms with Crippen molar-refractivity contribution in [3.63, 3.8) is 0 Å². The van der Waals surface area contributed by atoms with E-state index in [0.717, 1.165) is 0 Å². The molecule has 98 valence electrons. The first-order chi connectivity index (χ1) is 8.50. The van der Waals surface area contributed by atoms with Crippen LogP contribution in [-0.4, -0.2) is 29.1 Å². The molecule has 4 N–H and O–H groups in total. The SMILES string of the molecule is NC(=O)CONCC(O)c1ccc([N+](=O)[O-])cc1. The monoisotopic (exact) mass is 255 g/mol. The highest BCUT2D eigenvalue weighted by molar-refractivity contribution is 5.74. The Morgan fingerprint density at radius 2 is 2.11 bits per heavy atom. The summed E-state index contributed by atoms with van der Waals surface area (Å²) in [6.07, 6.45) is -0.904. The third-order valence-electron chi connectivity index (χ3n) is 2.08. The number of benzene rings is 1. The van der Waals surface area contributed by atoms with Crippen molar-refractivity contribution in [3.05, 3.63) is 39.9 Å². The van der Waals surface area contributed by atoms with Crippen molar-refractivity contribution in [1.82, 2.24) is 5.48 Å². The van der Waals surface area contributed by atoms with Crippen LogP contribution in [0.1, 0.15) is 11.7 Å². The number of hydrogen-bond donors (Lipinski definition) is 3. The fraction of sp³-hybridized carbons (Fsp3) is 0.300. The van der Waals surface area contributed by atoms with Gasteiger partial charge in [0.2, 0.25) is 5.91 Å². The van der Waals surface area contributed by atoms with E-state index in [4.69, 9.17) is 5.73 Å². The second-order valence-electron chi connectivity index (χ2n) is 3.47. The van der Waals surface area contributed by atoms with Crippen LogP contribution in [0.15, 0.2) is 24.3 Å². The van der Waals surface area contributed by atoms with E-state index < -0.39 is 16.9 Å². The van der Waals surface area contributed by atoms with Crippen LogP contribution in [0.2, 0.25) is 0 Å². The minimum Gasteiger partial charge on any atom is -0.387 e. The van der Waals surface area contributed by atoms with Crippen molar-refractivity contribution in [2.45, 2.75) is 6.10 Å². The van der Waals surface area contributed by atoms with Gasteiger partial charge in [0.25, 0.3) is 5.69 Å². The summed E-state index contributed by atoms with van der Waals surface area (Å²) in [4.78, 5) is 24.9. The summed E-state index contributed by atoms with van der Waals surface area (Å²) in [5, 5.41) is 20.1. The minimum absolute atomic E-state index is 0.0328. The van der Waals surface area contributed by atoms with Gasteiger partial charge in [-0.2, -0.15) is 5.48 Å². The molecular formula is C10H13N3O5. The molecule has 0 saturated heterocycles. The summed E-state index contributed by atoms with van der Waals surface area (Å²) in [5.74, 6) is -0.632. The smallest absolute Gasteiger partial charge is 0.269 e. The number of nitrogens with two attached hydrogens (primary N) is 1. The lowest BCUT2D eigenvalue weighted by Crippen LogP contribution is -2.27. The van der Waals surface area contributed by atoms with Gasteiger partial charge in [-0.25, -0.2) is 0 Å². The average molecular weight is 255 g/mol. The van der Waals surface area contributed by atoms with Crippen LogP contribution in [-0.2, 0) is 9.63 Å². The van der Waals surface area contributed by atoms with E-state index in [-0.39, 0.29) is 18.8 Å². The first-order valence-corrected chi connectivity index (χ1v) is 5.06. The van der Waals surface area contributed by atoms with Crippen molar-refractivity contribution >= 4 is 11.6 Å². The number of aliphatic hydroxyl groups is 1. The second-order valence-corrected chi connectivity index (χ2v) is 3.47. The molecule has 18 heavy (non-hydrogen) atoms. The molecule has 8 heteroatoms. The first-order valence-electron chi connectivity index (χ1n) is 5.06. The number of nitrogens with zero attached hydrogens (tertiary/aromatic N) is 1. The van der Waals surface area contributed by atoms with Crippen molar-refractivity contribution < 1.29 is 19.7 Å². The largest absolute Gasteiger partial charge is 0.387 e. The molecule has 0 heterocycles. The lowest BCUT2D eigenvalue weighted by atomic mass is 10.1. The first kappa shape index (κ1) is 14.0. The molecule has 0 fully saturated rings. The van der Waals surface area contributed by atoms with E-state index in [1.807, 2.05) is 0 Å². The molecule has 1 aromatic carbocycles. The maximum atomic E-state index is 10.4. The number of amides is 1. The molecule has 1 atom stereocenters. The van der Waals surface area contributed by atoms with Crippen LogP contribution in [0, 0.1) is 10.1 Å². The quantitative estimate of drug-likeness (QED) is 0.346. The van der Waals surface area contributed by atoms with Gasteiger partial charge in [-0.1, -0.05) is 0 Å². The molecule has 1 amide bonds. The molecule has 1 rings (SSSR count). The molecule has 1 aromatic rings. The van der Waals surface area contributed by atoms with Gasteiger partial charge in [0.05, 0.1) is 17.6 Å². The number of primary amides is 1. The normalized spacial score (nSPS) is 12.1. The molecule has 0 bridgehead atoms. The van der Waals surface area contributed by atoms with Gasteiger partial charge in [-0.05, 0) is 17.7 Å². The van der Waals surface area contributed by atoms with E-state index >= 15 is 0 Å². The highest BCUT2D eigenvalue weighted by Gasteiger charge is 2.10. The van der Waals surface area contributed by atoms with E-state index in [9.17, 15) is 20.0 Å². The molecular weight excluding hydrogens is 242 g/mol. The Morgan fingerprint density at radius 3 is 2.61 bits per heavy atom. The van der Waals surface area contributed by atoms with Gasteiger partial charge < -0.3 is 10.8 Å². The highest BCUT2D eigenvalue weighted by Crippen LogP contribution is 2.17. The summed E-state index contributed by atoms with van der Waals surface area (Å²) in [5.41, 5.74) is 7.65. The zero-order chi connectivity index (χ0) is 13.5. The Labute approximate surface area is 102 Å². The second kappa shape index (κ2) is 6.64. The minimum atomic E-state index is -0.904. The van der Waals surface area contributed by atoms with E-state index in [1.54, 1.807) is 0 Å². The molecule has 0 aromatic heterocycles. The standard InChI is InChI=1S/C10H13N3O5/c11-10(15)6-18-12-5-9(14)7-1-3-8(4-2-7)13(16)17/h1-4,9,12,14H,5-6H2,(H2,11,15). The maximum Gasteiger partial charge on any atom is 0.269 e. The maximum absolute atomic E-state index is 10.4. The van der Waals surface area contributed by atoms with Crippen LogP contribution in [0.25, 0.3) is 0 Å². The van der Waals surface area contributed by atoms with Crippen LogP contribution in [0.3, 0.4) is 0 Å². The lowest BCUT2D eigenvalue weighted by Gasteiger charge is -2.11. The lowest BCUT2D eigenvalue weighted by molar-refractivity contribution is -0.384. The molecule has 0 radical (unpaired) electrons. The Hall–Kier alpha value is -2.03. The predicted molar refractivity (Wildman–Crippen MR) is 61.2 cm³/mol. The van der Waals surface area contributed by atoms with Crippen LogP contribution in [0.5, 0.6) is 0 Å². The van der Waals surface area contributed by atoms with E-state index in [0.29, 0.717) is 5.56 Å². The van der Waals surface area contributed by atoms with E-state index in [2.05, 4.69) is 10.3 Å². The van der Waals surface area contributed by atoms with Gasteiger partial charge in [0.15, 0.2) is 0 Å². The number of hydroxylamine groups is 1. The number of nitro groups is 1. The summed E-state index contributed by atoms with van der Waals surface area (Å²) in [6.45, 7) is -0.266. The van der Waals surface area contributed by atoms with Crippen molar-refractivity contribution in [2.75, 3.05) is 13.2 Å². The number of carbonyl (C=O) groups excluding carboxylic acids is 1. The Bertz CT molecular complexity index is 420. The topological polar surface area (TPSA) is 128 Å². The van der Waals surface area contributed by atoms with Gasteiger partial charge in [0.1, 0.15) is 6.61 Å². The summed E-state index contributed by atoms with van der Waals surface area (Å²) in [7, 11) is 0. The number of carbonyl (C=O) groups is 1. The molecule has 1 unspecified atom stereocenters. The zero-order valence-electron chi connectivity index (χ0n) is 9.41. The van der Waals surface area contributed by atoms with Crippen molar-refractivity contribution in [3.8, 4) is 0 Å². The number of non-ortho nitro benzene ring substituents is 1. The number of nitrogens with one attached hydrogen (secondary N) is 1. The fourth-order valence-corrected chi connectivity index (χ4v) is 1.20. The zero-order valence-corrected chi connectivity index (χ0v) is 9.41. The Kier molecular flexibility index (Phi) is 5.18. The number of rotatable bonds is 7. The molecule has 0 aliphatic rings. The van der Waals surface area contributed by atoms with Crippen LogP contribution >= 0.6 is 0 Å². The molecule has 8 nitrogen and oxygen atoms in total. The fourth-order valence-electron chi connectivity index (χ4n) is 1.20. The number of nitro benzene ring substituents is 1. The van der Waals surface area contributed by atoms with Crippen molar-refractivity contribution in [1.29, 1.82) is 0 Å². The van der Waals surface area contributed by atoms with Gasteiger partial charge in [-0.3, -0.25) is 19.7 Å². The number of aliphatic hydroxyl groups excluding tert-OH is 1. The van der Waals surface area contributed by atoms with E-state index in [1.165, 1.54) is 24.3 Å². The predicted octanol–water partition coefficient (Wildman–Crippen LogP) is -0.365.